The van der Waals surface area contributed by atoms with E-state index < -0.39 is 0 Å². The predicted molar refractivity (Wildman–Crippen MR) is 120 cm³/mol. The second kappa shape index (κ2) is 9.57. The van der Waals surface area contributed by atoms with Crippen LogP contribution in [0.15, 0.2) is 90.6 Å². The van der Waals surface area contributed by atoms with Crippen molar-refractivity contribution in [1.82, 2.24) is 14.8 Å². The van der Waals surface area contributed by atoms with Crippen molar-refractivity contribution in [3.8, 4) is 11.1 Å². The lowest BCUT2D eigenvalue weighted by Crippen LogP contribution is -2.15. The average Bonchev–Trinajstić information content (AvgIpc) is 3.28. The van der Waals surface area contributed by atoms with Crippen molar-refractivity contribution in [2.45, 2.75) is 13.2 Å². The van der Waals surface area contributed by atoms with Crippen molar-refractivity contribution in [2.75, 3.05) is 0 Å². The lowest BCUT2D eigenvalue weighted by Gasteiger charge is -2.14. The highest BCUT2D eigenvalue weighted by Crippen LogP contribution is 2.30. The minimum absolute atomic E-state index is 0.309. The number of hydrogen-bond donors (Lipinski definition) is 0. The number of oxime groups is 1. The summed E-state index contributed by atoms with van der Waals surface area (Å²) >= 11 is 12.6. The summed E-state index contributed by atoms with van der Waals surface area (Å²) in [6.45, 7) is 0.674. The van der Waals surface area contributed by atoms with Crippen molar-refractivity contribution in [2.24, 2.45) is 5.16 Å². The average molecular weight is 437 g/mol. The molecule has 7 heteroatoms. The molecule has 0 saturated carbocycles. The molecule has 0 fully saturated rings. The highest BCUT2D eigenvalue weighted by atomic mass is 35.5. The molecule has 0 radical (unpaired) electrons. The summed E-state index contributed by atoms with van der Waals surface area (Å²) in [6.07, 6.45) is 3.12. The first-order valence-electron chi connectivity index (χ1n) is 9.31. The monoisotopic (exact) mass is 436 g/mol. The van der Waals surface area contributed by atoms with Crippen LogP contribution in [0.1, 0.15) is 11.1 Å². The second-order valence-electron chi connectivity index (χ2n) is 6.56. The molecule has 0 amide bonds. The van der Waals surface area contributed by atoms with Gasteiger partial charge in [-0.1, -0.05) is 83.0 Å². The molecule has 0 atom stereocenters. The van der Waals surface area contributed by atoms with E-state index in [1.807, 2.05) is 72.8 Å². The Balaban J connectivity index is 1.70. The first-order valence-corrected chi connectivity index (χ1v) is 10.1. The summed E-state index contributed by atoms with van der Waals surface area (Å²) in [5.41, 5.74) is 4.43. The SMILES string of the molecule is Clc1ccc(CO/N=C(\Cn2cncn2)c2c(Cl)cccc2-c2ccccc2)cc1. The molecule has 0 spiro atoms. The Morgan fingerprint density at radius 1 is 0.933 bits per heavy atom. The van der Waals surface area contributed by atoms with Crippen LogP contribution in [-0.4, -0.2) is 20.5 Å². The number of aromatic nitrogens is 3. The molecule has 150 valence electrons. The fourth-order valence-corrected chi connectivity index (χ4v) is 3.47. The van der Waals surface area contributed by atoms with Gasteiger partial charge in [-0.25, -0.2) is 9.67 Å². The van der Waals surface area contributed by atoms with Crippen LogP contribution in [-0.2, 0) is 18.0 Å². The van der Waals surface area contributed by atoms with Crippen LogP contribution >= 0.6 is 23.2 Å². The number of benzene rings is 3. The quantitative estimate of drug-likeness (QED) is 0.268. The van der Waals surface area contributed by atoms with Gasteiger partial charge in [-0.3, -0.25) is 0 Å². The molecule has 0 aliphatic rings. The topological polar surface area (TPSA) is 52.3 Å². The maximum absolute atomic E-state index is 6.63. The lowest BCUT2D eigenvalue weighted by atomic mass is 9.96. The van der Waals surface area contributed by atoms with Crippen molar-refractivity contribution in [3.05, 3.63) is 107 Å². The van der Waals surface area contributed by atoms with Crippen molar-refractivity contribution < 1.29 is 4.84 Å². The maximum atomic E-state index is 6.63. The van der Waals surface area contributed by atoms with E-state index in [1.54, 1.807) is 11.0 Å². The number of halogens is 2. The first-order chi connectivity index (χ1) is 14.7. The third-order valence-corrected chi connectivity index (χ3v) is 5.05. The van der Waals surface area contributed by atoms with Gasteiger partial charge in [0, 0.05) is 10.6 Å². The molecule has 0 aliphatic carbocycles. The van der Waals surface area contributed by atoms with E-state index in [9.17, 15) is 0 Å². The summed E-state index contributed by atoms with van der Waals surface area (Å²) < 4.78 is 1.68. The number of hydrogen-bond acceptors (Lipinski definition) is 4. The molecule has 0 bridgehead atoms. The summed E-state index contributed by atoms with van der Waals surface area (Å²) in [5, 5.41) is 9.91. The molecule has 4 rings (SSSR count). The fraction of sp³-hybridized carbons (Fsp3) is 0.0870. The zero-order valence-electron chi connectivity index (χ0n) is 16.0. The molecule has 5 nitrogen and oxygen atoms in total. The van der Waals surface area contributed by atoms with E-state index in [4.69, 9.17) is 28.0 Å². The van der Waals surface area contributed by atoms with Crippen LogP contribution in [0.2, 0.25) is 10.0 Å². The third kappa shape index (κ3) is 4.87. The summed E-state index contributed by atoms with van der Waals surface area (Å²) in [7, 11) is 0. The molecule has 1 heterocycles. The summed E-state index contributed by atoms with van der Waals surface area (Å²) in [4.78, 5) is 9.71. The van der Waals surface area contributed by atoms with E-state index in [-0.39, 0.29) is 0 Å². The Hall–Kier alpha value is -3.15. The molecule has 4 aromatic rings. The van der Waals surface area contributed by atoms with Gasteiger partial charge < -0.3 is 4.84 Å². The fourth-order valence-electron chi connectivity index (χ4n) is 3.06. The van der Waals surface area contributed by atoms with Crippen LogP contribution in [0.3, 0.4) is 0 Å². The van der Waals surface area contributed by atoms with Gasteiger partial charge in [0.15, 0.2) is 0 Å². The van der Waals surface area contributed by atoms with Gasteiger partial charge in [-0.05, 0) is 34.9 Å². The Labute approximate surface area is 184 Å². The van der Waals surface area contributed by atoms with Crippen molar-refractivity contribution in [1.29, 1.82) is 0 Å². The number of rotatable bonds is 7. The van der Waals surface area contributed by atoms with Crippen molar-refractivity contribution >= 4 is 28.9 Å². The normalized spacial score (nSPS) is 11.5. The van der Waals surface area contributed by atoms with Crippen LogP contribution in [0, 0.1) is 0 Å². The Kier molecular flexibility index (Phi) is 6.42. The Bertz CT molecular complexity index is 1130. The van der Waals surface area contributed by atoms with E-state index in [2.05, 4.69) is 15.2 Å². The zero-order chi connectivity index (χ0) is 20.8. The molecular formula is C23H18Cl2N4O. The molecule has 0 unspecified atom stereocenters. The van der Waals surface area contributed by atoms with E-state index in [0.717, 1.165) is 22.3 Å². The van der Waals surface area contributed by atoms with E-state index >= 15 is 0 Å². The van der Waals surface area contributed by atoms with Crippen LogP contribution in [0.5, 0.6) is 0 Å². The molecular weight excluding hydrogens is 419 g/mol. The van der Waals surface area contributed by atoms with Gasteiger partial charge in [0.25, 0.3) is 0 Å². The molecule has 0 aliphatic heterocycles. The largest absolute Gasteiger partial charge is 0.391 e. The lowest BCUT2D eigenvalue weighted by molar-refractivity contribution is 0.130. The van der Waals surface area contributed by atoms with Crippen LogP contribution in [0.25, 0.3) is 11.1 Å². The third-order valence-electron chi connectivity index (χ3n) is 4.48. The molecule has 0 N–H and O–H groups in total. The Morgan fingerprint density at radius 3 is 2.47 bits per heavy atom. The number of nitrogens with zero attached hydrogens (tertiary/aromatic N) is 4. The van der Waals surface area contributed by atoms with Gasteiger partial charge in [-0.2, -0.15) is 5.10 Å². The second-order valence-corrected chi connectivity index (χ2v) is 7.40. The molecule has 30 heavy (non-hydrogen) atoms. The van der Waals surface area contributed by atoms with Gasteiger partial charge in [-0.15, -0.1) is 0 Å². The van der Waals surface area contributed by atoms with Gasteiger partial charge in [0.05, 0.1) is 11.6 Å². The predicted octanol–water partition coefficient (Wildman–Crippen LogP) is 5.87. The molecule has 1 aromatic heterocycles. The highest BCUT2D eigenvalue weighted by Gasteiger charge is 2.17. The summed E-state index contributed by atoms with van der Waals surface area (Å²) in [5.74, 6) is 0. The van der Waals surface area contributed by atoms with E-state index in [0.29, 0.717) is 28.9 Å². The first kappa shape index (κ1) is 20.1. The highest BCUT2D eigenvalue weighted by molar-refractivity contribution is 6.35. The maximum Gasteiger partial charge on any atom is 0.142 e. The van der Waals surface area contributed by atoms with Crippen LogP contribution in [0.4, 0.5) is 0 Å². The minimum Gasteiger partial charge on any atom is -0.391 e. The minimum atomic E-state index is 0.309. The van der Waals surface area contributed by atoms with Gasteiger partial charge in [0.2, 0.25) is 0 Å². The smallest absolute Gasteiger partial charge is 0.142 e. The molecule has 0 saturated heterocycles. The van der Waals surface area contributed by atoms with Crippen LogP contribution < -0.4 is 0 Å². The van der Waals surface area contributed by atoms with E-state index in [1.165, 1.54) is 6.33 Å². The van der Waals surface area contributed by atoms with Crippen molar-refractivity contribution in [3.63, 3.8) is 0 Å². The standard InChI is InChI=1S/C23H18Cl2N4O/c24-19-11-9-17(10-12-19)14-30-28-22(13-29-16-26-15-27-29)23-20(7-4-8-21(23)25)18-5-2-1-3-6-18/h1-12,15-16H,13-14H2/b28-22+. The van der Waals surface area contributed by atoms with Gasteiger partial charge >= 0.3 is 0 Å². The molecule has 3 aromatic carbocycles. The summed E-state index contributed by atoms with van der Waals surface area (Å²) in [6, 6.07) is 23.3. The zero-order valence-corrected chi connectivity index (χ0v) is 17.5. The van der Waals surface area contributed by atoms with Gasteiger partial charge in [0.1, 0.15) is 25.0 Å². The Morgan fingerprint density at radius 2 is 1.73 bits per heavy atom.